The highest BCUT2D eigenvalue weighted by atomic mass is 16.5. The molecular formula is C20H18N2O2. The molecule has 1 N–H and O–H groups in total. The summed E-state index contributed by atoms with van der Waals surface area (Å²) in [6, 6.07) is 21.7. The van der Waals surface area contributed by atoms with Crippen LogP contribution in [0.5, 0.6) is 0 Å². The zero-order valence-electron chi connectivity index (χ0n) is 13.2. The van der Waals surface area contributed by atoms with Crippen LogP contribution in [-0.4, -0.2) is 17.6 Å². The molecule has 1 aromatic heterocycles. The summed E-state index contributed by atoms with van der Waals surface area (Å²) in [6.07, 6.45) is 2.21. The van der Waals surface area contributed by atoms with Gasteiger partial charge in [-0.25, -0.2) is 0 Å². The molecule has 1 saturated carbocycles. The van der Waals surface area contributed by atoms with Gasteiger partial charge in [-0.3, -0.25) is 4.79 Å². The van der Waals surface area contributed by atoms with Crippen LogP contribution in [0, 0.1) is 0 Å². The number of carbonyl (C=O) groups is 1. The molecule has 24 heavy (non-hydrogen) atoms. The van der Waals surface area contributed by atoms with E-state index in [0.29, 0.717) is 18.0 Å². The lowest BCUT2D eigenvalue weighted by molar-refractivity contribution is 0.0940. The first-order valence-electron chi connectivity index (χ1n) is 8.13. The van der Waals surface area contributed by atoms with Gasteiger partial charge in [-0.1, -0.05) is 65.8 Å². The fourth-order valence-corrected chi connectivity index (χ4v) is 2.97. The van der Waals surface area contributed by atoms with Crippen molar-refractivity contribution >= 4 is 5.91 Å². The van der Waals surface area contributed by atoms with E-state index >= 15 is 0 Å². The number of nitrogens with one attached hydrogen (secondary N) is 1. The van der Waals surface area contributed by atoms with E-state index < -0.39 is 0 Å². The largest absolute Gasteiger partial charge is 0.355 e. The minimum Gasteiger partial charge on any atom is -0.355 e. The smallest absolute Gasteiger partial charge is 0.273 e. The molecule has 2 aromatic carbocycles. The van der Waals surface area contributed by atoms with Gasteiger partial charge in [0.05, 0.1) is 0 Å². The summed E-state index contributed by atoms with van der Waals surface area (Å²) < 4.78 is 5.29. The van der Waals surface area contributed by atoms with E-state index in [0.717, 1.165) is 18.4 Å². The summed E-state index contributed by atoms with van der Waals surface area (Å²) in [5, 5.41) is 6.90. The van der Waals surface area contributed by atoms with Crippen LogP contribution < -0.4 is 5.32 Å². The Bertz CT molecular complexity index is 836. The Morgan fingerprint density at radius 1 is 1.04 bits per heavy atom. The lowest BCUT2D eigenvalue weighted by atomic mass is 9.96. The van der Waals surface area contributed by atoms with E-state index in [1.54, 1.807) is 6.07 Å². The highest BCUT2D eigenvalue weighted by Gasteiger charge is 2.44. The van der Waals surface area contributed by atoms with Gasteiger partial charge in [0.25, 0.3) is 5.91 Å². The molecule has 0 saturated heterocycles. The number of amides is 1. The van der Waals surface area contributed by atoms with Crippen molar-refractivity contribution in [2.24, 2.45) is 0 Å². The van der Waals surface area contributed by atoms with Crippen molar-refractivity contribution in [3.63, 3.8) is 0 Å². The molecule has 0 aliphatic heterocycles. The van der Waals surface area contributed by atoms with Crippen molar-refractivity contribution < 1.29 is 9.32 Å². The first-order chi connectivity index (χ1) is 11.8. The maximum atomic E-state index is 12.4. The first-order valence-corrected chi connectivity index (χ1v) is 8.13. The highest BCUT2D eigenvalue weighted by Crippen LogP contribution is 2.47. The summed E-state index contributed by atoms with van der Waals surface area (Å²) in [5.41, 5.74) is 2.60. The maximum absolute atomic E-state index is 12.4. The van der Waals surface area contributed by atoms with Crippen molar-refractivity contribution in [3.05, 3.63) is 78.0 Å². The van der Waals surface area contributed by atoms with Crippen LogP contribution in [0.15, 0.2) is 71.3 Å². The fourth-order valence-electron chi connectivity index (χ4n) is 2.97. The van der Waals surface area contributed by atoms with Gasteiger partial charge in [0.15, 0.2) is 11.5 Å². The molecule has 4 rings (SSSR count). The number of benzene rings is 2. The minimum atomic E-state index is -0.192. The third kappa shape index (κ3) is 2.83. The average Bonchev–Trinajstić information content (AvgIpc) is 3.28. The maximum Gasteiger partial charge on any atom is 0.273 e. The normalized spacial score (nSPS) is 15.0. The molecule has 1 aliphatic rings. The monoisotopic (exact) mass is 318 g/mol. The lowest BCUT2D eigenvalue weighted by Crippen LogP contribution is -2.32. The fraction of sp³-hybridized carbons (Fsp3) is 0.200. The SMILES string of the molecule is O=C(NCC1(c2ccccc2)CC1)c1cc(-c2ccccc2)on1. The number of hydrogen-bond acceptors (Lipinski definition) is 3. The molecule has 1 aliphatic carbocycles. The molecule has 1 heterocycles. The van der Waals surface area contributed by atoms with Gasteiger partial charge < -0.3 is 9.84 Å². The molecule has 4 nitrogen and oxygen atoms in total. The minimum absolute atomic E-state index is 0.0862. The summed E-state index contributed by atoms with van der Waals surface area (Å²) in [7, 11) is 0. The molecule has 1 amide bonds. The van der Waals surface area contributed by atoms with Gasteiger partial charge in [0.1, 0.15) is 0 Å². The van der Waals surface area contributed by atoms with Gasteiger partial charge >= 0.3 is 0 Å². The van der Waals surface area contributed by atoms with Crippen molar-refractivity contribution in [2.75, 3.05) is 6.54 Å². The number of rotatable bonds is 5. The molecule has 0 radical (unpaired) electrons. The first kappa shape index (κ1) is 14.7. The Labute approximate surface area is 140 Å². The number of carbonyl (C=O) groups excluding carboxylic acids is 1. The van der Waals surface area contributed by atoms with Crippen LogP contribution in [0.4, 0.5) is 0 Å². The third-order valence-corrected chi connectivity index (χ3v) is 4.63. The van der Waals surface area contributed by atoms with E-state index in [-0.39, 0.29) is 11.3 Å². The Kier molecular flexibility index (Phi) is 3.65. The predicted molar refractivity (Wildman–Crippen MR) is 91.6 cm³/mol. The molecule has 0 atom stereocenters. The van der Waals surface area contributed by atoms with E-state index in [2.05, 4.69) is 22.6 Å². The van der Waals surface area contributed by atoms with Crippen molar-refractivity contribution in [1.82, 2.24) is 10.5 Å². The topological polar surface area (TPSA) is 55.1 Å². The molecular weight excluding hydrogens is 300 g/mol. The zero-order valence-corrected chi connectivity index (χ0v) is 13.2. The van der Waals surface area contributed by atoms with E-state index in [1.165, 1.54) is 5.56 Å². The Morgan fingerprint density at radius 2 is 1.71 bits per heavy atom. The number of hydrogen-bond donors (Lipinski definition) is 1. The van der Waals surface area contributed by atoms with Crippen LogP contribution in [-0.2, 0) is 5.41 Å². The summed E-state index contributed by atoms with van der Waals surface area (Å²) in [6.45, 7) is 0.628. The van der Waals surface area contributed by atoms with E-state index in [4.69, 9.17) is 4.52 Å². The Balaban J connectivity index is 1.43. The summed E-state index contributed by atoms with van der Waals surface area (Å²) in [5.74, 6) is 0.410. The van der Waals surface area contributed by atoms with Crippen LogP contribution in [0.3, 0.4) is 0 Å². The second kappa shape index (κ2) is 5.96. The summed E-state index contributed by atoms with van der Waals surface area (Å²) >= 11 is 0. The molecule has 0 unspecified atom stereocenters. The van der Waals surface area contributed by atoms with Crippen LogP contribution in [0.2, 0.25) is 0 Å². The highest BCUT2D eigenvalue weighted by molar-refractivity contribution is 5.93. The molecule has 4 heteroatoms. The molecule has 0 spiro atoms. The second-order valence-corrected chi connectivity index (χ2v) is 6.27. The standard InChI is InChI=1S/C20H18N2O2/c23-19(17-13-18(24-22-17)15-7-3-1-4-8-15)21-14-20(11-12-20)16-9-5-2-6-10-16/h1-10,13H,11-12,14H2,(H,21,23). The Morgan fingerprint density at radius 3 is 2.38 bits per heavy atom. The van der Waals surface area contributed by atoms with Gasteiger partial charge in [-0.2, -0.15) is 0 Å². The zero-order chi connectivity index (χ0) is 16.4. The van der Waals surface area contributed by atoms with E-state index in [1.807, 2.05) is 48.5 Å². The second-order valence-electron chi connectivity index (χ2n) is 6.27. The quantitative estimate of drug-likeness (QED) is 0.778. The molecule has 3 aromatic rings. The summed E-state index contributed by atoms with van der Waals surface area (Å²) in [4.78, 5) is 12.4. The predicted octanol–water partition coefficient (Wildman–Crippen LogP) is 3.80. The van der Waals surface area contributed by atoms with Crippen LogP contribution >= 0.6 is 0 Å². The molecule has 1 fully saturated rings. The number of nitrogens with zero attached hydrogens (tertiary/aromatic N) is 1. The molecule has 0 bridgehead atoms. The van der Waals surface area contributed by atoms with Crippen molar-refractivity contribution in [3.8, 4) is 11.3 Å². The number of aromatic nitrogens is 1. The average molecular weight is 318 g/mol. The van der Waals surface area contributed by atoms with Crippen molar-refractivity contribution in [2.45, 2.75) is 18.3 Å². The van der Waals surface area contributed by atoms with Crippen LogP contribution in [0.25, 0.3) is 11.3 Å². The van der Waals surface area contributed by atoms with Gasteiger partial charge in [-0.15, -0.1) is 0 Å². The van der Waals surface area contributed by atoms with Crippen molar-refractivity contribution in [1.29, 1.82) is 0 Å². The Hall–Kier alpha value is -2.88. The van der Waals surface area contributed by atoms with Gasteiger partial charge in [0, 0.05) is 23.6 Å². The van der Waals surface area contributed by atoms with Gasteiger partial charge in [-0.05, 0) is 18.4 Å². The molecule has 120 valence electrons. The lowest BCUT2D eigenvalue weighted by Gasteiger charge is -2.15. The van der Waals surface area contributed by atoms with Gasteiger partial charge in [0.2, 0.25) is 0 Å². The van der Waals surface area contributed by atoms with Crippen LogP contribution in [0.1, 0.15) is 28.9 Å². The van der Waals surface area contributed by atoms with E-state index in [9.17, 15) is 4.79 Å². The third-order valence-electron chi connectivity index (χ3n) is 4.63.